The average molecular weight is 888 g/mol. The molecule has 11 aromatic rings. The van der Waals surface area contributed by atoms with Crippen molar-refractivity contribution < 1.29 is 0 Å². The molecule has 0 saturated heterocycles. The first kappa shape index (κ1) is 40.5. The second-order valence-electron chi connectivity index (χ2n) is 19.6. The minimum Gasteiger partial charge on any atom is -0.310 e. The lowest BCUT2D eigenvalue weighted by Crippen LogP contribution is -2.16. The SMILES string of the molecule is CC1(C)c2ccccc2-c2ccc(-c3ccccc3N(c3ccc(-c4ccccc4-c4cccc5c4C(C)(C)c4ccccc4-5)cc3)c3ccc(-c4cccc5c4sc4ccccc45)cc3)cc21. The zero-order chi connectivity index (χ0) is 45.7. The van der Waals surface area contributed by atoms with Crippen LogP contribution < -0.4 is 4.90 Å². The van der Waals surface area contributed by atoms with Crippen LogP contribution in [0.5, 0.6) is 0 Å². The molecule has 2 aliphatic carbocycles. The molecule has 0 amide bonds. The molecule has 68 heavy (non-hydrogen) atoms. The van der Waals surface area contributed by atoms with Crippen molar-refractivity contribution in [1.29, 1.82) is 0 Å². The van der Waals surface area contributed by atoms with E-state index in [0.29, 0.717) is 0 Å². The molecule has 0 saturated carbocycles. The van der Waals surface area contributed by atoms with Gasteiger partial charge < -0.3 is 4.90 Å². The first-order chi connectivity index (χ1) is 33.3. The minimum absolute atomic E-state index is 0.102. The summed E-state index contributed by atoms with van der Waals surface area (Å²) in [5, 5.41) is 2.64. The van der Waals surface area contributed by atoms with Crippen molar-refractivity contribution in [3.8, 4) is 66.8 Å². The van der Waals surface area contributed by atoms with Crippen molar-refractivity contribution in [3.05, 3.63) is 247 Å². The number of thiophene rings is 1. The van der Waals surface area contributed by atoms with Gasteiger partial charge in [0, 0.05) is 47.9 Å². The molecule has 0 unspecified atom stereocenters. The van der Waals surface area contributed by atoms with Crippen LogP contribution in [-0.4, -0.2) is 0 Å². The van der Waals surface area contributed by atoms with Crippen LogP contribution in [0.4, 0.5) is 17.1 Å². The third kappa shape index (κ3) is 6.14. The number of rotatable bonds is 7. The highest BCUT2D eigenvalue weighted by Gasteiger charge is 2.38. The van der Waals surface area contributed by atoms with Gasteiger partial charge in [-0.15, -0.1) is 11.3 Å². The molecule has 13 rings (SSSR count). The molecule has 10 aromatic carbocycles. The van der Waals surface area contributed by atoms with Crippen LogP contribution >= 0.6 is 11.3 Å². The molecule has 324 valence electrons. The Kier molecular flexibility index (Phi) is 9.16. The summed E-state index contributed by atoms with van der Waals surface area (Å²) in [6.07, 6.45) is 0. The van der Waals surface area contributed by atoms with Crippen molar-refractivity contribution in [2.75, 3.05) is 4.90 Å². The summed E-state index contributed by atoms with van der Waals surface area (Å²) < 4.78 is 2.65. The van der Waals surface area contributed by atoms with E-state index < -0.39 is 0 Å². The maximum atomic E-state index is 2.45. The molecule has 0 aliphatic heterocycles. The van der Waals surface area contributed by atoms with E-state index in [4.69, 9.17) is 0 Å². The first-order valence-corrected chi connectivity index (χ1v) is 24.7. The van der Waals surface area contributed by atoms with Gasteiger partial charge in [-0.25, -0.2) is 0 Å². The predicted molar refractivity (Wildman–Crippen MR) is 291 cm³/mol. The number of para-hydroxylation sites is 1. The Balaban J connectivity index is 0.938. The number of hydrogen-bond acceptors (Lipinski definition) is 2. The van der Waals surface area contributed by atoms with E-state index >= 15 is 0 Å². The van der Waals surface area contributed by atoms with Gasteiger partial charge in [0.1, 0.15) is 0 Å². The summed E-state index contributed by atoms with van der Waals surface area (Å²) in [6, 6.07) is 83.7. The van der Waals surface area contributed by atoms with Crippen LogP contribution in [0.1, 0.15) is 49.9 Å². The van der Waals surface area contributed by atoms with Crippen molar-refractivity contribution in [2.24, 2.45) is 0 Å². The van der Waals surface area contributed by atoms with Gasteiger partial charge in [-0.3, -0.25) is 0 Å². The number of fused-ring (bicyclic) bond motifs is 9. The third-order valence-electron chi connectivity index (χ3n) is 15.1. The molecular formula is C66H49NS. The molecule has 1 aromatic heterocycles. The molecule has 2 heteroatoms. The van der Waals surface area contributed by atoms with Gasteiger partial charge in [0.15, 0.2) is 0 Å². The largest absolute Gasteiger partial charge is 0.310 e. The molecule has 2 aliphatic rings. The Bertz CT molecular complexity index is 3790. The van der Waals surface area contributed by atoms with E-state index in [1.54, 1.807) is 0 Å². The Morgan fingerprint density at radius 3 is 1.51 bits per heavy atom. The molecule has 0 fully saturated rings. The maximum Gasteiger partial charge on any atom is 0.0540 e. The van der Waals surface area contributed by atoms with Gasteiger partial charge in [-0.05, 0) is 126 Å². The van der Waals surface area contributed by atoms with Crippen LogP contribution in [0, 0.1) is 0 Å². The lowest BCUT2D eigenvalue weighted by atomic mass is 9.78. The standard InChI is InChI=1S/C66H49NS/c1-65(2)58-27-11-7-20-51(58)53-40-35-44(41-60(53)65)48-18-9-13-29-61(48)67(46-38-33-43(34-39-46)49-23-15-26-57-54-22-10-14-30-62(54)68-64(49)57)45-36-31-42(32-37-45)47-17-5-6-19-50(47)55-24-16-25-56-52-21-8-12-28-59(52)66(3,4)63(55)56/h5-41H,1-4H3. The topological polar surface area (TPSA) is 3.24 Å². The molecule has 1 heterocycles. The van der Waals surface area contributed by atoms with Gasteiger partial charge in [0.25, 0.3) is 0 Å². The van der Waals surface area contributed by atoms with Gasteiger partial charge in [0.05, 0.1) is 5.69 Å². The Morgan fingerprint density at radius 1 is 0.324 bits per heavy atom. The number of benzene rings is 10. The number of hydrogen-bond donors (Lipinski definition) is 0. The van der Waals surface area contributed by atoms with Gasteiger partial charge in [-0.2, -0.15) is 0 Å². The summed E-state index contributed by atoms with van der Waals surface area (Å²) in [7, 11) is 0. The van der Waals surface area contributed by atoms with Crippen molar-refractivity contribution >= 4 is 48.6 Å². The van der Waals surface area contributed by atoms with Crippen LogP contribution in [0.15, 0.2) is 224 Å². The Morgan fingerprint density at radius 2 is 0.794 bits per heavy atom. The van der Waals surface area contributed by atoms with E-state index in [9.17, 15) is 0 Å². The molecule has 0 N–H and O–H groups in total. The Hall–Kier alpha value is -7.78. The van der Waals surface area contributed by atoms with E-state index in [0.717, 1.165) is 17.1 Å². The molecule has 1 nitrogen and oxygen atoms in total. The van der Waals surface area contributed by atoms with E-state index in [1.165, 1.54) is 109 Å². The molecule has 0 spiro atoms. The average Bonchev–Trinajstić information content (AvgIpc) is 3.97. The normalized spacial score (nSPS) is 13.8. The van der Waals surface area contributed by atoms with Crippen molar-refractivity contribution in [1.82, 2.24) is 0 Å². The second kappa shape index (κ2) is 15.4. The zero-order valence-electron chi connectivity index (χ0n) is 38.7. The highest BCUT2D eigenvalue weighted by atomic mass is 32.1. The predicted octanol–water partition coefficient (Wildman–Crippen LogP) is 18.8. The van der Waals surface area contributed by atoms with Crippen LogP contribution in [0.25, 0.3) is 86.9 Å². The van der Waals surface area contributed by atoms with Crippen LogP contribution in [0.3, 0.4) is 0 Å². The second-order valence-corrected chi connectivity index (χ2v) is 20.7. The van der Waals surface area contributed by atoms with Gasteiger partial charge in [0.2, 0.25) is 0 Å². The summed E-state index contributed by atoms with van der Waals surface area (Å²) in [5.74, 6) is 0. The minimum atomic E-state index is -0.119. The van der Waals surface area contributed by atoms with Gasteiger partial charge >= 0.3 is 0 Å². The smallest absolute Gasteiger partial charge is 0.0540 e. The first-order valence-electron chi connectivity index (χ1n) is 23.8. The van der Waals surface area contributed by atoms with Crippen LogP contribution in [0.2, 0.25) is 0 Å². The van der Waals surface area contributed by atoms with Crippen molar-refractivity contribution in [3.63, 3.8) is 0 Å². The van der Waals surface area contributed by atoms with Crippen LogP contribution in [-0.2, 0) is 10.8 Å². The summed E-state index contributed by atoms with van der Waals surface area (Å²) >= 11 is 1.88. The number of nitrogens with zero attached hydrogens (tertiary/aromatic N) is 1. The molecule has 0 radical (unpaired) electrons. The summed E-state index contributed by atoms with van der Waals surface area (Å²) in [5.41, 5.74) is 23.9. The molecule has 0 atom stereocenters. The third-order valence-corrected chi connectivity index (χ3v) is 16.3. The fourth-order valence-electron chi connectivity index (χ4n) is 11.8. The highest BCUT2D eigenvalue weighted by molar-refractivity contribution is 7.26. The van der Waals surface area contributed by atoms with Crippen molar-refractivity contribution in [2.45, 2.75) is 38.5 Å². The summed E-state index contributed by atoms with van der Waals surface area (Å²) in [6.45, 7) is 9.49. The maximum absolute atomic E-state index is 2.45. The lowest BCUT2D eigenvalue weighted by Gasteiger charge is -2.29. The fraction of sp³-hybridized carbons (Fsp3) is 0.0909. The quantitative estimate of drug-likeness (QED) is 0.154. The highest BCUT2D eigenvalue weighted by Crippen LogP contribution is 2.54. The lowest BCUT2D eigenvalue weighted by molar-refractivity contribution is 0.660. The van der Waals surface area contributed by atoms with E-state index in [2.05, 4.69) is 257 Å². The van der Waals surface area contributed by atoms with E-state index in [-0.39, 0.29) is 10.8 Å². The fourth-order valence-corrected chi connectivity index (χ4v) is 13.0. The Labute approximate surface area is 403 Å². The molecular weight excluding hydrogens is 839 g/mol. The molecule has 0 bridgehead atoms. The van der Waals surface area contributed by atoms with Gasteiger partial charge in [-0.1, -0.05) is 210 Å². The monoisotopic (exact) mass is 887 g/mol. The zero-order valence-corrected chi connectivity index (χ0v) is 39.5. The number of anilines is 3. The van der Waals surface area contributed by atoms with E-state index in [1.807, 2.05) is 11.3 Å². The summed E-state index contributed by atoms with van der Waals surface area (Å²) in [4.78, 5) is 2.45.